The largest absolute Gasteiger partial charge is 0.464 e. The maximum atomic E-state index is 13.5. The molecule has 6 rings (SSSR count). The first-order valence-corrected chi connectivity index (χ1v) is 14.4. The molecular formula is C34H30ClN3O5. The van der Waals surface area contributed by atoms with Gasteiger partial charge in [0.15, 0.2) is 11.5 Å². The average molecular weight is 596 g/mol. The van der Waals surface area contributed by atoms with Crippen LogP contribution >= 0.6 is 11.6 Å². The maximum Gasteiger partial charge on any atom is 0.291 e. The summed E-state index contributed by atoms with van der Waals surface area (Å²) in [5, 5.41) is 8.76. The zero-order chi connectivity index (χ0) is 30.1. The van der Waals surface area contributed by atoms with E-state index in [9.17, 15) is 9.59 Å². The highest BCUT2D eigenvalue weighted by Gasteiger charge is 2.28. The molecule has 2 amide bonds. The maximum absolute atomic E-state index is 13.5. The van der Waals surface area contributed by atoms with E-state index in [1.165, 1.54) is 0 Å². The average Bonchev–Trinajstić information content (AvgIpc) is 3.54. The summed E-state index contributed by atoms with van der Waals surface area (Å²) in [6, 6.07) is 18.3. The summed E-state index contributed by atoms with van der Waals surface area (Å²) in [6.45, 7) is 5.84. The Morgan fingerprint density at radius 3 is 2.65 bits per heavy atom. The van der Waals surface area contributed by atoms with Crippen molar-refractivity contribution < 1.29 is 23.2 Å². The Bertz CT molecular complexity index is 1890. The SMILES string of the molecule is Cc1cc(C)c2c(CC(=O)N/N=C3\CCCc4oc(C(=O)Nc5cc(Cl)ccc5Oc5ccccc5)c(C)c43)coc2c1. The number of nitrogens with zero attached hydrogens (tertiary/aromatic N) is 1. The second-order valence-electron chi connectivity index (χ2n) is 10.7. The molecule has 0 bridgehead atoms. The van der Waals surface area contributed by atoms with Gasteiger partial charge >= 0.3 is 0 Å². The van der Waals surface area contributed by atoms with Gasteiger partial charge < -0.3 is 18.9 Å². The lowest BCUT2D eigenvalue weighted by atomic mass is 9.93. The third-order valence-electron chi connectivity index (χ3n) is 7.45. The van der Waals surface area contributed by atoms with Gasteiger partial charge in [0, 0.05) is 33.5 Å². The lowest BCUT2D eigenvalue weighted by Crippen LogP contribution is -2.23. The van der Waals surface area contributed by atoms with Gasteiger partial charge in [-0.3, -0.25) is 9.59 Å². The zero-order valence-electron chi connectivity index (χ0n) is 24.0. The monoisotopic (exact) mass is 595 g/mol. The summed E-state index contributed by atoms with van der Waals surface area (Å²) in [6.07, 6.45) is 3.85. The molecule has 218 valence electrons. The Hall–Kier alpha value is -4.82. The molecule has 0 saturated carbocycles. The predicted octanol–water partition coefficient (Wildman–Crippen LogP) is 8.05. The zero-order valence-corrected chi connectivity index (χ0v) is 24.8. The molecule has 0 aliphatic heterocycles. The summed E-state index contributed by atoms with van der Waals surface area (Å²) in [7, 11) is 0. The number of fused-ring (bicyclic) bond motifs is 2. The van der Waals surface area contributed by atoms with E-state index in [0.29, 0.717) is 52.1 Å². The number of ether oxygens (including phenoxy) is 1. The number of hydrazone groups is 1. The second-order valence-corrected chi connectivity index (χ2v) is 11.1. The number of rotatable bonds is 7. The third-order valence-corrected chi connectivity index (χ3v) is 7.69. The molecule has 0 unspecified atom stereocenters. The third kappa shape index (κ3) is 5.92. The molecule has 1 aliphatic carbocycles. The number of furan rings is 2. The Morgan fingerprint density at radius 1 is 1.02 bits per heavy atom. The smallest absolute Gasteiger partial charge is 0.291 e. The number of para-hydroxylation sites is 1. The van der Waals surface area contributed by atoms with Crippen LogP contribution in [-0.4, -0.2) is 17.5 Å². The lowest BCUT2D eigenvalue weighted by molar-refractivity contribution is -0.120. The van der Waals surface area contributed by atoms with E-state index < -0.39 is 5.91 Å². The highest BCUT2D eigenvalue weighted by atomic mass is 35.5. The molecular weight excluding hydrogens is 566 g/mol. The van der Waals surface area contributed by atoms with Crippen LogP contribution in [0.5, 0.6) is 11.5 Å². The Balaban J connectivity index is 1.20. The van der Waals surface area contributed by atoms with Gasteiger partial charge in [0.1, 0.15) is 17.1 Å². The van der Waals surface area contributed by atoms with Crippen LogP contribution < -0.4 is 15.5 Å². The number of carbonyl (C=O) groups is 2. The van der Waals surface area contributed by atoms with E-state index in [1.54, 1.807) is 24.5 Å². The fourth-order valence-corrected chi connectivity index (χ4v) is 5.75. The van der Waals surface area contributed by atoms with Gasteiger partial charge in [-0.25, -0.2) is 5.43 Å². The number of hydrogen-bond donors (Lipinski definition) is 2. The van der Waals surface area contributed by atoms with Crippen molar-refractivity contribution in [2.24, 2.45) is 5.10 Å². The minimum atomic E-state index is -0.437. The first-order valence-electron chi connectivity index (χ1n) is 14.1. The number of benzene rings is 3. The molecule has 2 aromatic heterocycles. The molecule has 0 spiro atoms. The molecule has 1 aliphatic rings. The molecule has 43 heavy (non-hydrogen) atoms. The topological polar surface area (TPSA) is 106 Å². The van der Waals surface area contributed by atoms with E-state index in [1.807, 2.05) is 57.2 Å². The van der Waals surface area contributed by atoms with Crippen molar-refractivity contribution in [3.05, 3.63) is 111 Å². The van der Waals surface area contributed by atoms with Crippen LogP contribution in [0.15, 0.2) is 80.9 Å². The fourth-order valence-electron chi connectivity index (χ4n) is 5.58. The molecule has 0 atom stereocenters. The van der Waals surface area contributed by atoms with Crippen LogP contribution in [0, 0.1) is 20.8 Å². The highest BCUT2D eigenvalue weighted by molar-refractivity contribution is 6.31. The number of carbonyl (C=O) groups excluding carboxylic acids is 2. The molecule has 0 radical (unpaired) electrons. The standard InChI is InChI=1S/C34H30ClN3O5/c1-19-14-20(2)31-22(18-41-29(31)15-19)16-30(39)38-37-25-10-7-11-28-32(25)21(3)33(43-28)34(40)36-26-17-23(35)12-13-27(26)42-24-8-5-4-6-9-24/h4-6,8-9,12-15,17-18H,7,10-11,16H2,1-3H3,(H,36,40)(H,38,39)/b37-25+. The van der Waals surface area contributed by atoms with Crippen LogP contribution in [0.25, 0.3) is 11.0 Å². The number of halogens is 1. The molecule has 0 fully saturated rings. The Labute approximate surface area is 253 Å². The lowest BCUT2D eigenvalue weighted by Gasteiger charge is -2.13. The van der Waals surface area contributed by atoms with Gasteiger partial charge in [-0.1, -0.05) is 35.9 Å². The molecule has 5 aromatic rings. The van der Waals surface area contributed by atoms with Crippen LogP contribution in [0.3, 0.4) is 0 Å². The van der Waals surface area contributed by atoms with Crippen LogP contribution in [0.2, 0.25) is 5.02 Å². The summed E-state index contributed by atoms with van der Waals surface area (Å²) in [5.74, 6) is 1.21. The number of hydrogen-bond acceptors (Lipinski definition) is 6. The molecule has 2 heterocycles. The fraction of sp³-hybridized carbons (Fsp3) is 0.206. The minimum absolute atomic E-state index is 0.131. The molecule has 9 heteroatoms. The van der Waals surface area contributed by atoms with Crippen molar-refractivity contribution in [1.82, 2.24) is 5.43 Å². The number of anilines is 1. The van der Waals surface area contributed by atoms with Gasteiger partial charge in [0.05, 0.1) is 24.1 Å². The van der Waals surface area contributed by atoms with Crippen molar-refractivity contribution in [3.63, 3.8) is 0 Å². The van der Waals surface area contributed by atoms with Crippen molar-refractivity contribution >= 4 is 45.8 Å². The van der Waals surface area contributed by atoms with E-state index >= 15 is 0 Å². The van der Waals surface area contributed by atoms with Crippen LogP contribution in [0.1, 0.15) is 57.0 Å². The van der Waals surface area contributed by atoms with Crippen LogP contribution in [-0.2, 0) is 17.6 Å². The highest BCUT2D eigenvalue weighted by Crippen LogP contribution is 2.34. The van der Waals surface area contributed by atoms with E-state index in [2.05, 4.69) is 21.9 Å². The van der Waals surface area contributed by atoms with Crippen molar-refractivity contribution in [2.45, 2.75) is 46.5 Å². The van der Waals surface area contributed by atoms with E-state index in [4.69, 9.17) is 25.2 Å². The quantitative estimate of drug-likeness (QED) is 0.185. The normalized spacial score (nSPS) is 13.6. The first kappa shape index (κ1) is 28.3. The Morgan fingerprint density at radius 2 is 1.84 bits per heavy atom. The van der Waals surface area contributed by atoms with Gasteiger partial charge in [-0.05, 0) is 81.1 Å². The summed E-state index contributed by atoms with van der Waals surface area (Å²) in [4.78, 5) is 26.4. The Kier molecular flexibility index (Phi) is 7.78. The summed E-state index contributed by atoms with van der Waals surface area (Å²) >= 11 is 6.24. The van der Waals surface area contributed by atoms with Crippen molar-refractivity contribution in [2.75, 3.05) is 5.32 Å². The van der Waals surface area contributed by atoms with Gasteiger partial charge in [0.25, 0.3) is 5.91 Å². The van der Waals surface area contributed by atoms with Gasteiger partial charge in [0.2, 0.25) is 5.91 Å². The summed E-state index contributed by atoms with van der Waals surface area (Å²) in [5.41, 5.74) is 8.93. The number of nitrogens with one attached hydrogen (secondary N) is 2. The second kappa shape index (κ2) is 11.8. The number of amides is 2. The van der Waals surface area contributed by atoms with Crippen molar-refractivity contribution in [1.29, 1.82) is 0 Å². The summed E-state index contributed by atoms with van der Waals surface area (Å²) < 4.78 is 17.7. The van der Waals surface area contributed by atoms with Gasteiger partial charge in [-0.15, -0.1) is 0 Å². The van der Waals surface area contributed by atoms with Crippen molar-refractivity contribution in [3.8, 4) is 11.5 Å². The van der Waals surface area contributed by atoms with Gasteiger partial charge in [-0.2, -0.15) is 5.10 Å². The first-order chi connectivity index (χ1) is 20.8. The number of aryl methyl sites for hydroxylation is 3. The molecule has 2 N–H and O–H groups in total. The van der Waals surface area contributed by atoms with Crippen LogP contribution in [0.4, 0.5) is 5.69 Å². The molecule has 3 aromatic carbocycles. The predicted molar refractivity (Wildman–Crippen MR) is 166 cm³/mol. The minimum Gasteiger partial charge on any atom is -0.464 e. The molecule has 0 saturated heterocycles. The van der Waals surface area contributed by atoms with E-state index in [-0.39, 0.29) is 18.1 Å². The molecule has 8 nitrogen and oxygen atoms in total. The van der Waals surface area contributed by atoms with E-state index in [0.717, 1.165) is 39.6 Å².